The Kier molecular flexibility index (Phi) is 51.5. The van der Waals surface area contributed by atoms with E-state index in [0.717, 1.165) is 109 Å². The van der Waals surface area contributed by atoms with Crippen LogP contribution in [-0.2, 0) is 23.8 Å². The predicted molar refractivity (Wildman–Crippen MR) is 279 cm³/mol. The number of carbonyl (C=O) groups excluding carboxylic acids is 2. The van der Waals surface area contributed by atoms with Crippen LogP contribution < -0.4 is 0 Å². The van der Waals surface area contributed by atoms with Crippen molar-refractivity contribution in [2.45, 2.75) is 245 Å². The zero-order chi connectivity index (χ0) is 46.3. The summed E-state index contributed by atoms with van der Waals surface area (Å²) in [6, 6.07) is 0. The first-order valence-electron chi connectivity index (χ1n) is 26.8. The van der Waals surface area contributed by atoms with Gasteiger partial charge in [0, 0.05) is 19.4 Å². The fraction of sp³-hybridized carbons (Fsp3) is 0.695. The molecular formula is C59H100O5. The Morgan fingerprint density at radius 2 is 0.703 bits per heavy atom. The first-order valence-corrected chi connectivity index (χ1v) is 26.8. The fourth-order valence-corrected chi connectivity index (χ4v) is 7.20. The summed E-state index contributed by atoms with van der Waals surface area (Å²) in [5, 5.41) is 0. The Balaban J connectivity index is 4.38. The van der Waals surface area contributed by atoms with Crippen molar-refractivity contribution in [1.82, 2.24) is 0 Å². The molecular weight excluding hydrogens is 789 g/mol. The molecule has 0 aliphatic rings. The summed E-state index contributed by atoms with van der Waals surface area (Å²) < 4.78 is 17.4. The highest BCUT2D eigenvalue weighted by molar-refractivity contribution is 5.70. The monoisotopic (exact) mass is 889 g/mol. The molecule has 0 aromatic rings. The Morgan fingerprint density at radius 1 is 0.359 bits per heavy atom. The highest BCUT2D eigenvalue weighted by Crippen LogP contribution is 2.15. The maximum Gasteiger partial charge on any atom is 0.306 e. The van der Waals surface area contributed by atoms with E-state index in [0.29, 0.717) is 19.4 Å². The molecule has 0 aliphatic carbocycles. The van der Waals surface area contributed by atoms with Gasteiger partial charge in [0.05, 0.1) is 6.61 Å². The van der Waals surface area contributed by atoms with Gasteiger partial charge in [-0.1, -0.05) is 227 Å². The van der Waals surface area contributed by atoms with Crippen LogP contribution in [0.25, 0.3) is 0 Å². The number of allylic oxidation sites excluding steroid dienone is 16. The summed E-state index contributed by atoms with van der Waals surface area (Å²) in [7, 11) is 0. The molecule has 0 N–H and O–H groups in total. The maximum absolute atomic E-state index is 12.8. The van der Waals surface area contributed by atoms with Crippen LogP contribution in [0.5, 0.6) is 0 Å². The molecule has 0 fully saturated rings. The summed E-state index contributed by atoms with van der Waals surface area (Å²) in [5.74, 6) is -0.461. The lowest BCUT2D eigenvalue weighted by molar-refractivity contribution is -0.163. The van der Waals surface area contributed by atoms with Crippen molar-refractivity contribution >= 4 is 11.9 Å². The molecule has 366 valence electrons. The quantitative estimate of drug-likeness (QED) is 0.0346. The van der Waals surface area contributed by atoms with Crippen LogP contribution in [0.1, 0.15) is 239 Å². The van der Waals surface area contributed by atoms with Crippen LogP contribution in [0.3, 0.4) is 0 Å². The van der Waals surface area contributed by atoms with Gasteiger partial charge in [0.1, 0.15) is 6.61 Å². The third-order valence-corrected chi connectivity index (χ3v) is 11.1. The van der Waals surface area contributed by atoms with Crippen LogP contribution in [-0.4, -0.2) is 37.9 Å². The van der Waals surface area contributed by atoms with E-state index in [9.17, 15) is 9.59 Å². The minimum Gasteiger partial charge on any atom is -0.462 e. The predicted octanol–water partition coefficient (Wildman–Crippen LogP) is 18.2. The SMILES string of the molecule is CC/C=C\C/C=C\C/C=C\C/C=C\CCCCCOCC(COC(=O)CCCCCCCCCCCCCCCCCCC)OC(=O)CCCC/C=C\C/C=C\C/C=C\C/C=C\CC. The van der Waals surface area contributed by atoms with Gasteiger partial charge >= 0.3 is 11.9 Å². The number of esters is 2. The van der Waals surface area contributed by atoms with Crippen molar-refractivity contribution < 1.29 is 23.8 Å². The van der Waals surface area contributed by atoms with E-state index in [1.54, 1.807) is 0 Å². The van der Waals surface area contributed by atoms with E-state index >= 15 is 0 Å². The molecule has 0 aromatic carbocycles. The molecule has 0 bridgehead atoms. The minimum absolute atomic E-state index is 0.0529. The van der Waals surface area contributed by atoms with Gasteiger partial charge in [-0.05, 0) is 96.3 Å². The van der Waals surface area contributed by atoms with Crippen molar-refractivity contribution in [3.63, 3.8) is 0 Å². The fourth-order valence-electron chi connectivity index (χ4n) is 7.20. The van der Waals surface area contributed by atoms with Crippen molar-refractivity contribution in [3.05, 3.63) is 97.2 Å². The Labute approximate surface area is 396 Å². The van der Waals surface area contributed by atoms with E-state index in [2.05, 4.69) is 118 Å². The Bertz CT molecular complexity index is 1230. The average Bonchev–Trinajstić information content (AvgIpc) is 3.30. The third kappa shape index (κ3) is 51.5. The second kappa shape index (κ2) is 54.2. The topological polar surface area (TPSA) is 61.8 Å². The van der Waals surface area contributed by atoms with Crippen LogP contribution in [0.2, 0.25) is 0 Å². The second-order valence-corrected chi connectivity index (χ2v) is 17.4. The highest BCUT2D eigenvalue weighted by Gasteiger charge is 2.17. The molecule has 1 atom stereocenters. The number of unbranched alkanes of at least 4 members (excludes halogenated alkanes) is 21. The van der Waals surface area contributed by atoms with Crippen LogP contribution in [0, 0.1) is 0 Å². The lowest BCUT2D eigenvalue weighted by atomic mass is 10.0. The standard InChI is InChI=1S/C59H100O5/c1-4-7-10-13-16-19-22-25-28-30-32-34-37-40-43-46-49-52-58(60)63-56-57(55-62-54-51-48-45-42-39-36-33-29-26-23-20-17-14-11-8-5-2)64-59(61)53-50-47-44-41-38-35-31-27-24-21-18-15-12-9-6-3/h8-9,11-12,17-18,20-21,26-27,29,31,36,38-39,41,57H,4-7,10,13-16,19,22-25,28,30,32-35,37,40,42-56H2,1-3H3/b11-8-,12-9-,20-17-,21-18-,29-26-,31-27-,39-36-,41-38-. The summed E-state index contributed by atoms with van der Waals surface area (Å²) in [6.45, 7) is 7.50. The summed E-state index contributed by atoms with van der Waals surface area (Å²) in [6.07, 6.45) is 72.8. The molecule has 0 saturated heterocycles. The Hall–Kier alpha value is -3.18. The van der Waals surface area contributed by atoms with E-state index in [1.165, 1.54) is 96.3 Å². The highest BCUT2D eigenvalue weighted by atomic mass is 16.6. The van der Waals surface area contributed by atoms with Gasteiger partial charge < -0.3 is 14.2 Å². The van der Waals surface area contributed by atoms with Gasteiger partial charge in [-0.15, -0.1) is 0 Å². The molecule has 64 heavy (non-hydrogen) atoms. The van der Waals surface area contributed by atoms with Crippen LogP contribution in [0.4, 0.5) is 0 Å². The normalized spacial score (nSPS) is 13.0. The molecule has 5 nitrogen and oxygen atoms in total. The van der Waals surface area contributed by atoms with Crippen LogP contribution in [0.15, 0.2) is 97.2 Å². The zero-order valence-corrected chi connectivity index (χ0v) is 42.0. The maximum atomic E-state index is 12.8. The van der Waals surface area contributed by atoms with E-state index in [-0.39, 0.29) is 25.2 Å². The summed E-state index contributed by atoms with van der Waals surface area (Å²) >= 11 is 0. The molecule has 0 spiro atoms. The third-order valence-electron chi connectivity index (χ3n) is 11.1. The van der Waals surface area contributed by atoms with Gasteiger partial charge in [0.2, 0.25) is 0 Å². The molecule has 0 aromatic heterocycles. The van der Waals surface area contributed by atoms with Crippen molar-refractivity contribution in [1.29, 1.82) is 0 Å². The second-order valence-electron chi connectivity index (χ2n) is 17.4. The minimum atomic E-state index is -0.578. The molecule has 0 amide bonds. The molecule has 0 radical (unpaired) electrons. The first kappa shape index (κ1) is 60.8. The number of carbonyl (C=O) groups is 2. The van der Waals surface area contributed by atoms with Gasteiger partial charge in [0.25, 0.3) is 0 Å². The van der Waals surface area contributed by atoms with Gasteiger partial charge in [-0.3, -0.25) is 9.59 Å². The smallest absolute Gasteiger partial charge is 0.306 e. The molecule has 0 rings (SSSR count). The number of hydrogen-bond donors (Lipinski definition) is 0. The summed E-state index contributed by atoms with van der Waals surface area (Å²) in [5.41, 5.74) is 0. The lowest BCUT2D eigenvalue weighted by Gasteiger charge is -2.18. The first-order chi connectivity index (χ1) is 31.6. The molecule has 1 unspecified atom stereocenters. The number of ether oxygens (including phenoxy) is 3. The van der Waals surface area contributed by atoms with E-state index in [4.69, 9.17) is 14.2 Å². The Morgan fingerprint density at radius 3 is 1.14 bits per heavy atom. The van der Waals surface area contributed by atoms with Crippen molar-refractivity contribution in [3.8, 4) is 0 Å². The molecule has 5 heteroatoms. The largest absolute Gasteiger partial charge is 0.462 e. The van der Waals surface area contributed by atoms with Crippen LogP contribution >= 0.6 is 0 Å². The number of hydrogen-bond acceptors (Lipinski definition) is 5. The molecule has 0 heterocycles. The van der Waals surface area contributed by atoms with Crippen molar-refractivity contribution in [2.75, 3.05) is 19.8 Å². The lowest BCUT2D eigenvalue weighted by Crippen LogP contribution is -2.30. The average molecular weight is 889 g/mol. The number of rotatable bonds is 48. The molecule has 0 saturated carbocycles. The molecule has 0 aliphatic heterocycles. The van der Waals surface area contributed by atoms with E-state index < -0.39 is 6.10 Å². The van der Waals surface area contributed by atoms with Gasteiger partial charge in [-0.25, -0.2) is 0 Å². The van der Waals surface area contributed by atoms with Gasteiger partial charge in [-0.2, -0.15) is 0 Å². The van der Waals surface area contributed by atoms with Crippen molar-refractivity contribution in [2.24, 2.45) is 0 Å². The van der Waals surface area contributed by atoms with E-state index in [1.807, 2.05) is 0 Å². The van der Waals surface area contributed by atoms with Gasteiger partial charge in [0.15, 0.2) is 6.10 Å². The zero-order valence-electron chi connectivity index (χ0n) is 42.0. The summed E-state index contributed by atoms with van der Waals surface area (Å²) in [4.78, 5) is 25.4.